The van der Waals surface area contributed by atoms with Crippen molar-refractivity contribution in [2.45, 2.75) is 63.8 Å². The van der Waals surface area contributed by atoms with Gasteiger partial charge in [0.25, 0.3) is 0 Å². The van der Waals surface area contributed by atoms with Crippen LogP contribution in [0, 0.1) is 11.8 Å². The van der Waals surface area contributed by atoms with Crippen LogP contribution in [0.1, 0.15) is 57.8 Å². The van der Waals surface area contributed by atoms with Crippen LogP contribution in [0.5, 0.6) is 0 Å². The maximum absolute atomic E-state index is 11.6. The zero-order valence-corrected chi connectivity index (χ0v) is 13.4. The second-order valence-corrected chi connectivity index (χ2v) is 9.52. The van der Waals surface area contributed by atoms with Gasteiger partial charge in [-0.25, -0.2) is 8.42 Å². The highest BCUT2D eigenvalue weighted by Gasteiger charge is 2.31. The van der Waals surface area contributed by atoms with Gasteiger partial charge in [0, 0.05) is 12.6 Å². The summed E-state index contributed by atoms with van der Waals surface area (Å²) in [6, 6.07) is 0.794. The second-order valence-electron chi connectivity index (χ2n) is 7.29. The van der Waals surface area contributed by atoms with Crippen LogP contribution >= 0.6 is 0 Å². The van der Waals surface area contributed by atoms with E-state index in [0.29, 0.717) is 17.4 Å². The first-order valence-electron chi connectivity index (χ1n) is 8.57. The lowest BCUT2D eigenvalue weighted by Gasteiger charge is -2.35. The molecule has 0 aromatic heterocycles. The lowest BCUT2D eigenvalue weighted by molar-refractivity contribution is 0.142. The number of sulfone groups is 1. The van der Waals surface area contributed by atoms with Crippen molar-refractivity contribution in [3.05, 3.63) is 0 Å². The molecule has 2 aliphatic carbocycles. The van der Waals surface area contributed by atoms with Gasteiger partial charge in [-0.3, -0.25) is 0 Å². The molecular formula is C16H29NO2S. The van der Waals surface area contributed by atoms with Gasteiger partial charge in [-0.05, 0) is 56.9 Å². The maximum atomic E-state index is 11.6. The third-order valence-electron chi connectivity index (χ3n) is 5.43. The molecule has 0 aromatic rings. The van der Waals surface area contributed by atoms with Crippen LogP contribution in [0.2, 0.25) is 0 Å². The zero-order valence-electron chi connectivity index (χ0n) is 12.6. The van der Waals surface area contributed by atoms with Crippen LogP contribution in [0.15, 0.2) is 0 Å². The topological polar surface area (TPSA) is 37.4 Å². The summed E-state index contributed by atoms with van der Waals surface area (Å²) in [6.45, 7) is 2.42. The van der Waals surface area contributed by atoms with Gasteiger partial charge in [-0.2, -0.15) is 0 Å². The Hall–Kier alpha value is -0.0900. The average Bonchev–Trinajstić information content (AvgIpc) is 3.19. The molecule has 3 rings (SSSR count). The van der Waals surface area contributed by atoms with Crippen molar-refractivity contribution in [2.75, 3.05) is 24.6 Å². The maximum Gasteiger partial charge on any atom is 0.150 e. The van der Waals surface area contributed by atoms with Crippen LogP contribution in [0.3, 0.4) is 0 Å². The highest BCUT2D eigenvalue weighted by Crippen LogP contribution is 2.33. The van der Waals surface area contributed by atoms with E-state index in [9.17, 15) is 8.42 Å². The normalized spacial score (nSPS) is 30.9. The summed E-state index contributed by atoms with van der Waals surface area (Å²) in [4.78, 5) is 2.72. The monoisotopic (exact) mass is 299 g/mol. The van der Waals surface area contributed by atoms with Crippen molar-refractivity contribution in [3.63, 3.8) is 0 Å². The lowest BCUT2D eigenvalue weighted by Crippen LogP contribution is -2.39. The molecule has 1 saturated heterocycles. The number of hydrogen-bond acceptors (Lipinski definition) is 3. The molecule has 3 nitrogen and oxygen atoms in total. The van der Waals surface area contributed by atoms with E-state index in [1.165, 1.54) is 51.5 Å². The predicted molar refractivity (Wildman–Crippen MR) is 82.5 cm³/mol. The second kappa shape index (κ2) is 6.35. The van der Waals surface area contributed by atoms with Crippen molar-refractivity contribution < 1.29 is 8.42 Å². The van der Waals surface area contributed by atoms with Crippen molar-refractivity contribution in [3.8, 4) is 0 Å². The Bertz CT molecular complexity index is 410. The van der Waals surface area contributed by atoms with Crippen molar-refractivity contribution in [2.24, 2.45) is 11.8 Å². The highest BCUT2D eigenvalue weighted by atomic mass is 32.2. The fraction of sp³-hybridized carbons (Fsp3) is 1.00. The van der Waals surface area contributed by atoms with E-state index in [2.05, 4.69) is 4.90 Å². The first-order valence-corrected chi connectivity index (χ1v) is 10.4. The summed E-state index contributed by atoms with van der Waals surface area (Å²) in [5.74, 6) is 2.27. The number of rotatable bonds is 6. The smallest absolute Gasteiger partial charge is 0.150 e. The van der Waals surface area contributed by atoms with Gasteiger partial charge in [0.1, 0.15) is 0 Å². The highest BCUT2D eigenvalue weighted by molar-refractivity contribution is 7.91. The molecule has 0 radical (unpaired) electrons. The van der Waals surface area contributed by atoms with Gasteiger partial charge >= 0.3 is 0 Å². The molecule has 3 aliphatic rings. The van der Waals surface area contributed by atoms with E-state index >= 15 is 0 Å². The van der Waals surface area contributed by atoms with Gasteiger partial charge < -0.3 is 4.90 Å². The quantitative estimate of drug-likeness (QED) is 0.757. The summed E-state index contributed by atoms with van der Waals surface area (Å²) in [5, 5.41) is 0. The Morgan fingerprint density at radius 1 is 0.900 bits per heavy atom. The Balaban J connectivity index is 1.50. The third-order valence-corrected chi connectivity index (χ3v) is 7.27. The molecule has 1 heterocycles. The molecule has 0 amide bonds. The molecule has 4 heteroatoms. The molecule has 0 bridgehead atoms. The van der Waals surface area contributed by atoms with Crippen molar-refractivity contribution >= 4 is 9.84 Å². The van der Waals surface area contributed by atoms with Crippen LogP contribution in [-0.4, -0.2) is 44.0 Å². The van der Waals surface area contributed by atoms with Crippen molar-refractivity contribution in [1.82, 2.24) is 4.90 Å². The molecule has 2 saturated carbocycles. The van der Waals surface area contributed by atoms with Crippen molar-refractivity contribution in [1.29, 1.82) is 0 Å². The molecule has 0 N–H and O–H groups in total. The van der Waals surface area contributed by atoms with E-state index in [1.54, 1.807) is 0 Å². The van der Waals surface area contributed by atoms with E-state index < -0.39 is 9.84 Å². The summed E-state index contributed by atoms with van der Waals surface area (Å²) in [7, 11) is -2.70. The molecule has 20 heavy (non-hydrogen) atoms. The number of nitrogens with zero attached hydrogens (tertiary/aromatic N) is 1. The van der Waals surface area contributed by atoms with Crippen LogP contribution in [0.4, 0.5) is 0 Å². The van der Waals surface area contributed by atoms with Gasteiger partial charge in [0.05, 0.1) is 11.5 Å². The summed E-state index contributed by atoms with van der Waals surface area (Å²) in [6.07, 6.45) is 11.8. The predicted octanol–water partition coefficient (Wildman–Crippen LogP) is 2.86. The molecule has 3 fully saturated rings. The van der Waals surface area contributed by atoms with Gasteiger partial charge in [-0.1, -0.05) is 19.3 Å². The fourth-order valence-electron chi connectivity index (χ4n) is 3.95. The SMILES string of the molecule is O=S1(=O)CCC(CCN(CC2CC2)C2CCCCC2)C1. The first-order chi connectivity index (χ1) is 9.62. The van der Waals surface area contributed by atoms with Crippen LogP contribution < -0.4 is 0 Å². The minimum Gasteiger partial charge on any atom is -0.300 e. The summed E-state index contributed by atoms with van der Waals surface area (Å²) >= 11 is 0. The van der Waals surface area contributed by atoms with Gasteiger partial charge in [-0.15, -0.1) is 0 Å². The molecule has 1 atom stereocenters. The van der Waals surface area contributed by atoms with E-state index in [1.807, 2.05) is 0 Å². The molecule has 1 aliphatic heterocycles. The number of hydrogen-bond donors (Lipinski definition) is 0. The fourth-order valence-corrected chi connectivity index (χ4v) is 5.86. The Kier molecular flexibility index (Phi) is 4.71. The third kappa shape index (κ3) is 4.20. The minimum absolute atomic E-state index is 0.434. The van der Waals surface area contributed by atoms with Crippen LogP contribution in [0.25, 0.3) is 0 Å². The van der Waals surface area contributed by atoms with E-state index in [4.69, 9.17) is 0 Å². The minimum atomic E-state index is -2.70. The molecule has 0 aromatic carbocycles. The Morgan fingerprint density at radius 3 is 2.25 bits per heavy atom. The molecule has 116 valence electrons. The first kappa shape index (κ1) is 14.8. The van der Waals surface area contributed by atoms with Gasteiger partial charge in [0.15, 0.2) is 9.84 Å². The lowest BCUT2D eigenvalue weighted by atomic mass is 9.93. The average molecular weight is 299 g/mol. The van der Waals surface area contributed by atoms with Crippen LogP contribution in [-0.2, 0) is 9.84 Å². The standard InChI is InChI=1S/C16H29NO2S/c18-20(19)11-9-15(13-20)8-10-17(12-14-6-7-14)16-4-2-1-3-5-16/h14-16H,1-13H2. The molecule has 1 unspecified atom stereocenters. The summed E-state index contributed by atoms with van der Waals surface area (Å²) < 4.78 is 23.1. The van der Waals surface area contributed by atoms with Gasteiger partial charge in [0.2, 0.25) is 0 Å². The summed E-state index contributed by atoms with van der Waals surface area (Å²) in [5.41, 5.74) is 0. The largest absolute Gasteiger partial charge is 0.300 e. The molecule has 0 spiro atoms. The van der Waals surface area contributed by atoms with E-state index in [0.717, 1.165) is 31.3 Å². The Morgan fingerprint density at radius 2 is 1.65 bits per heavy atom. The molecular weight excluding hydrogens is 270 g/mol. The van der Waals surface area contributed by atoms with E-state index in [-0.39, 0.29) is 0 Å². The Labute approximate surface area is 124 Å². The zero-order chi connectivity index (χ0) is 14.0.